The van der Waals surface area contributed by atoms with Gasteiger partial charge in [-0.2, -0.15) is 0 Å². The van der Waals surface area contributed by atoms with Gasteiger partial charge in [-0.1, -0.05) is 13.8 Å². The van der Waals surface area contributed by atoms with Gasteiger partial charge >= 0.3 is 5.97 Å². The van der Waals surface area contributed by atoms with E-state index in [2.05, 4.69) is 20.7 Å². The average Bonchev–Trinajstić information content (AvgIpc) is 2.28. The summed E-state index contributed by atoms with van der Waals surface area (Å²) in [7, 11) is 1.24. The van der Waals surface area contributed by atoms with Crippen LogP contribution in [0.4, 0.5) is 4.39 Å². The molecule has 0 saturated heterocycles. The monoisotopic (exact) mass is 316 g/mol. The minimum atomic E-state index is -0.878. The number of carbonyl (C=O) groups is 2. The van der Waals surface area contributed by atoms with Gasteiger partial charge in [-0.15, -0.1) is 0 Å². The number of hydrogen-bond donors (Lipinski definition) is 0. The average molecular weight is 317 g/mol. The summed E-state index contributed by atoms with van der Waals surface area (Å²) in [6.45, 7) is 3.52. The minimum Gasteiger partial charge on any atom is -0.468 e. The first-order valence-corrected chi connectivity index (χ1v) is 6.25. The van der Waals surface area contributed by atoms with Gasteiger partial charge in [-0.05, 0) is 40.0 Å². The van der Waals surface area contributed by atoms with Gasteiger partial charge in [0.2, 0.25) is 0 Å². The first-order valence-electron chi connectivity index (χ1n) is 5.45. The largest absolute Gasteiger partial charge is 0.468 e. The highest BCUT2D eigenvalue weighted by molar-refractivity contribution is 9.10. The number of benzene rings is 1. The van der Waals surface area contributed by atoms with Gasteiger partial charge in [0.25, 0.3) is 0 Å². The van der Waals surface area contributed by atoms with E-state index in [1.54, 1.807) is 13.8 Å². The van der Waals surface area contributed by atoms with E-state index in [0.29, 0.717) is 4.47 Å². The quantitative estimate of drug-likeness (QED) is 0.486. The second-order valence-corrected chi connectivity index (χ2v) is 5.09. The fourth-order valence-electron chi connectivity index (χ4n) is 1.67. The molecule has 3 nitrogen and oxygen atoms in total. The van der Waals surface area contributed by atoms with Crippen LogP contribution in [-0.2, 0) is 9.53 Å². The third-order valence-electron chi connectivity index (χ3n) is 2.60. The van der Waals surface area contributed by atoms with Gasteiger partial charge in [0.05, 0.1) is 7.11 Å². The first-order chi connectivity index (χ1) is 8.38. The lowest BCUT2D eigenvalue weighted by atomic mass is 9.88. The van der Waals surface area contributed by atoms with Gasteiger partial charge in [0.1, 0.15) is 11.7 Å². The van der Waals surface area contributed by atoms with Crippen molar-refractivity contribution in [3.05, 3.63) is 34.1 Å². The number of carbonyl (C=O) groups excluding carboxylic acids is 2. The summed E-state index contributed by atoms with van der Waals surface area (Å²) in [6.07, 6.45) is 0. The summed E-state index contributed by atoms with van der Waals surface area (Å²) < 4.78 is 17.9. The lowest BCUT2D eigenvalue weighted by molar-refractivity contribution is -0.144. The molecule has 0 saturated carbocycles. The number of hydrogen-bond acceptors (Lipinski definition) is 3. The van der Waals surface area contributed by atoms with Crippen LogP contribution in [-0.4, -0.2) is 18.9 Å². The van der Waals surface area contributed by atoms with Crippen molar-refractivity contribution in [2.75, 3.05) is 7.11 Å². The zero-order chi connectivity index (χ0) is 13.9. The fraction of sp³-hybridized carbons (Fsp3) is 0.385. The predicted octanol–water partition coefficient (Wildman–Crippen LogP) is 3.22. The number of ketones is 1. The lowest BCUT2D eigenvalue weighted by Crippen LogP contribution is -2.30. The Morgan fingerprint density at radius 1 is 1.33 bits per heavy atom. The van der Waals surface area contributed by atoms with Gasteiger partial charge in [-0.3, -0.25) is 9.59 Å². The minimum absolute atomic E-state index is 0.193. The van der Waals surface area contributed by atoms with Crippen molar-refractivity contribution in [3.8, 4) is 0 Å². The van der Waals surface area contributed by atoms with Crippen LogP contribution >= 0.6 is 15.9 Å². The van der Waals surface area contributed by atoms with E-state index in [9.17, 15) is 14.0 Å². The number of ether oxygens (including phenoxy) is 1. The second kappa shape index (κ2) is 6.09. The third kappa shape index (κ3) is 3.16. The molecule has 0 N–H and O–H groups in total. The van der Waals surface area contributed by atoms with Crippen LogP contribution in [0.25, 0.3) is 0 Å². The Hall–Kier alpha value is -1.23. The highest BCUT2D eigenvalue weighted by atomic mass is 79.9. The normalized spacial score (nSPS) is 12.3. The molecule has 0 aliphatic carbocycles. The molecule has 0 amide bonds. The van der Waals surface area contributed by atoms with Crippen molar-refractivity contribution in [2.24, 2.45) is 11.8 Å². The maximum absolute atomic E-state index is 13.0. The summed E-state index contributed by atoms with van der Waals surface area (Å²) in [4.78, 5) is 23.9. The Bertz CT molecular complexity index is 471. The van der Waals surface area contributed by atoms with Crippen molar-refractivity contribution in [1.82, 2.24) is 0 Å². The van der Waals surface area contributed by atoms with E-state index >= 15 is 0 Å². The predicted molar refractivity (Wildman–Crippen MR) is 68.8 cm³/mol. The van der Waals surface area contributed by atoms with E-state index in [1.165, 1.54) is 25.3 Å². The highest BCUT2D eigenvalue weighted by Crippen LogP contribution is 2.25. The molecule has 98 valence electrons. The van der Waals surface area contributed by atoms with Crippen LogP contribution in [0.1, 0.15) is 24.2 Å². The number of esters is 1. The number of methoxy groups -OCH3 is 1. The summed E-state index contributed by atoms with van der Waals surface area (Å²) in [6, 6.07) is 3.74. The highest BCUT2D eigenvalue weighted by Gasteiger charge is 2.32. The molecule has 0 aromatic heterocycles. The number of Topliss-reactive ketones (excluding diaryl/α,β-unsaturated/α-hetero) is 1. The number of rotatable bonds is 4. The Morgan fingerprint density at radius 3 is 2.39 bits per heavy atom. The van der Waals surface area contributed by atoms with E-state index < -0.39 is 17.7 Å². The van der Waals surface area contributed by atoms with Crippen LogP contribution in [0.5, 0.6) is 0 Å². The zero-order valence-electron chi connectivity index (χ0n) is 10.4. The van der Waals surface area contributed by atoms with Crippen LogP contribution in [0, 0.1) is 17.7 Å². The molecule has 0 aliphatic heterocycles. The Labute approximate surface area is 113 Å². The molecule has 1 rings (SSSR count). The maximum atomic E-state index is 13.0. The summed E-state index contributed by atoms with van der Waals surface area (Å²) in [5.41, 5.74) is 0.278. The molecule has 18 heavy (non-hydrogen) atoms. The SMILES string of the molecule is COC(=O)C(C(=O)c1ccc(F)cc1Br)C(C)C. The fourth-order valence-corrected chi connectivity index (χ4v) is 2.21. The molecular weight excluding hydrogens is 303 g/mol. The Kier molecular flexibility index (Phi) is 5.02. The molecular formula is C13H14BrFO3. The molecule has 1 unspecified atom stereocenters. The molecule has 0 bridgehead atoms. The Morgan fingerprint density at radius 2 is 1.94 bits per heavy atom. The topological polar surface area (TPSA) is 43.4 Å². The van der Waals surface area contributed by atoms with E-state index in [4.69, 9.17) is 0 Å². The molecule has 1 atom stereocenters. The van der Waals surface area contributed by atoms with Crippen LogP contribution in [0.2, 0.25) is 0 Å². The zero-order valence-corrected chi connectivity index (χ0v) is 12.0. The van der Waals surface area contributed by atoms with E-state index in [-0.39, 0.29) is 17.3 Å². The Balaban J connectivity index is 3.14. The van der Waals surface area contributed by atoms with Gasteiger partial charge in [-0.25, -0.2) is 4.39 Å². The molecule has 1 aromatic rings. The molecule has 0 spiro atoms. The van der Waals surface area contributed by atoms with Crippen molar-refractivity contribution in [2.45, 2.75) is 13.8 Å². The van der Waals surface area contributed by atoms with Crippen molar-refractivity contribution in [1.29, 1.82) is 0 Å². The molecule has 0 fully saturated rings. The van der Waals surface area contributed by atoms with E-state index in [1.807, 2.05) is 0 Å². The van der Waals surface area contributed by atoms with Gasteiger partial charge < -0.3 is 4.74 Å². The summed E-state index contributed by atoms with van der Waals surface area (Å²) in [5, 5.41) is 0. The molecule has 0 aliphatic rings. The van der Waals surface area contributed by atoms with Gasteiger partial charge in [0.15, 0.2) is 5.78 Å². The van der Waals surface area contributed by atoms with Crippen molar-refractivity contribution >= 4 is 27.7 Å². The molecule has 0 heterocycles. The van der Waals surface area contributed by atoms with Crippen LogP contribution in [0.3, 0.4) is 0 Å². The summed E-state index contributed by atoms with van der Waals surface area (Å²) >= 11 is 3.12. The smallest absolute Gasteiger partial charge is 0.316 e. The van der Waals surface area contributed by atoms with Crippen LogP contribution in [0.15, 0.2) is 22.7 Å². The van der Waals surface area contributed by atoms with Gasteiger partial charge in [0, 0.05) is 10.0 Å². The third-order valence-corrected chi connectivity index (χ3v) is 3.26. The maximum Gasteiger partial charge on any atom is 0.316 e. The second-order valence-electron chi connectivity index (χ2n) is 4.23. The standard InChI is InChI=1S/C13H14BrFO3/c1-7(2)11(13(17)18-3)12(16)9-5-4-8(15)6-10(9)14/h4-7,11H,1-3H3. The molecule has 0 radical (unpaired) electrons. The van der Waals surface area contributed by atoms with Crippen molar-refractivity contribution < 1.29 is 18.7 Å². The van der Waals surface area contributed by atoms with Crippen molar-refractivity contribution in [3.63, 3.8) is 0 Å². The molecule has 5 heteroatoms. The summed E-state index contributed by atoms with van der Waals surface area (Å²) in [5.74, 6) is -2.47. The lowest BCUT2D eigenvalue weighted by Gasteiger charge is -2.17. The molecule has 1 aromatic carbocycles. The van der Waals surface area contributed by atoms with E-state index in [0.717, 1.165) is 0 Å². The number of halogens is 2. The first kappa shape index (κ1) is 14.8. The van der Waals surface area contributed by atoms with Crippen LogP contribution < -0.4 is 0 Å².